The van der Waals surface area contributed by atoms with E-state index in [-0.39, 0.29) is 11.5 Å². The third kappa shape index (κ3) is 1.79. The summed E-state index contributed by atoms with van der Waals surface area (Å²) < 4.78 is 61.1. The van der Waals surface area contributed by atoms with Gasteiger partial charge in [0.15, 0.2) is 24.7 Å². The molecule has 0 bridgehead atoms. The summed E-state index contributed by atoms with van der Waals surface area (Å²) in [6.45, 7) is -2.72. The summed E-state index contributed by atoms with van der Waals surface area (Å²) in [5, 5.41) is 0. The van der Waals surface area contributed by atoms with Gasteiger partial charge in [0.25, 0.3) is 0 Å². The molecule has 0 N–H and O–H groups in total. The van der Waals surface area contributed by atoms with Gasteiger partial charge in [-0.15, -0.1) is 0 Å². The van der Waals surface area contributed by atoms with Crippen LogP contribution in [-0.4, -0.2) is 25.1 Å². The molecule has 0 fully saturated rings. The fraction of sp³-hybridized carbons (Fsp3) is 0.400. The van der Waals surface area contributed by atoms with Crippen LogP contribution in [0, 0.1) is 0 Å². The fourth-order valence-electron chi connectivity index (χ4n) is 1.24. The molecule has 2 nitrogen and oxygen atoms in total. The molecular formula is C10H8F4O2. The number of halogens is 4. The smallest absolute Gasteiger partial charge is 0.346 e. The summed E-state index contributed by atoms with van der Waals surface area (Å²) in [5.41, 5.74) is 0. The van der Waals surface area contributed by atoms with Crippen LogP contribution in [0.1, 0.15) is 0 Å². The summed E-state index contributed by atoms with van der Waals surface area (Å²) in [6.07, 6.45) is 0. The number of alkyl halides is 4. The van der Waals surface area contributed by atoms with Gasteiger partial charge in [0.1, 0.15) is 0 Å². The van der Waals surface area contributed by atoms with E-state index >= 15 is 0 Å². The molecule has 0 radical (unpaired) electrons. The first-order chi connectivity index (χ1) is 7.42. The minimum atomic E-state index is -4.24. The van der Waals surface area contributed by atoms with Gasteiger partial charge in [0.05, 0.1) is 0 Å². The van der Waals surface area contributed by atoms with E-state index in [0.29, 0.717) is 0 Å². The van der Waals surface area contributed by atoms with E-state index in [2.05, 4.69) is 9.47 Å². The third-order valence-corrected chi connectivity index (χ3v) is 2.20. The van der Waals surface area contributed by atoms with Crippen molar-refractivity contribution >= 4 is 0 Å². The number of fused-ring (bicyclic) bond motifs is 1. The SMILES string of the molecule is FC1(F)COc2ccccc2OCC1(F)F. The molecule has 1 aromatic rings. The minimum Gasteiger partial charge on any atom is -0.483 e. The van der Waals surface area contributed by atoms with Gasteiger partial charge >= 0.3 is 11.8 Å². The summed E-state index contributed by atoms with van der Waals surface area (Å²) in [5.74, 6) is -8.39. The standard InChI is InChI=1S/C10H8F4O2/c11-9(12)5-15-7-3-1-2-4-8(7)16-6-10(9,13)14/h1-4H,5-6H2. The zero-order valence-corrected chi connectivity index (χ0v) is 8.05. The molecular weight excluding hydrogens is 228 g/mol. The highest BCUT2D eigenvalue weighted by atomic mass is 19.3. The lowest BCUT2D eigenvalue weighted by Gasteiger charge is -2.29. The Morgan fingerprint density at radius 3 is 1.56 bits per heavy atom. The van der Waals surface area contributed by atoms with Gasteiger partial charge in [-0.2, -0.15) is 17.6 Å². The third-order valence-electron chi connectivity index (χ3n) is 2.20. The van der Waals surface area contributed by atoms with Crippen molar-refractivity contribution < 1.29 is 27.0 Å². The largest absolute Gasteiger partial charge is 0.483 e. The van der Waals surface area contributed by atoms with Gasteiger partial charge in [-0.05, 0) is 12.1 Å². The lowest BCUT2D eigenvalue weighted by molar-refractivity contribution is -0.236. The summed E-state index contributed by atoms with van der Waals surface area (Å²) in [6, 6.07) is 5.85. The number of benzene rings is 1. The molecule has 0 spiro atoms. The molecule has 1 aromatic carbocycles. The van der Waals surface area contributed by atoms with Crippen molar-refractivity contribution in [3.63, 3.8) is 0 Å². The molecule has 6 heteroatoms. The second-order valence-corrected chi connectivity index (χ2v) is 3.43. The van der Waals surface area contributed by atoms with Crippen LogP contribution in [-0.2, 0) is 0 Å². The van der Waals surface area contributed by atoms with E-state index in [4.69, 9.17) is 0 Å². The van der Waals surface area contributed by atoms with Crippen LogP contribution in [0.5, 0.6) is 11.5 Å². The summed E-state index contributed by atoms with van der Waals surface area (Å²) in [7, 11) is 0. The molecule has 16 heavy (non-hydrogen) atoms. The second kappa shape index (κ2) is 3.54. The predicted molar refractivity (Wildman–Crippen MR) is 47.3 cm³/mol. The Balaban J connectivity index is 2.31. The molecule has 0 saturated carbocycles. The van der Waals surface area contributed by atoms with Gasteiger partial charge in [0, 0.05) is 0 Å². The first-order valence-electron chi connectivity index (χ1n) is 4.53. The van der Waals surface area contributed by atoms with Crippen molar-refractivity contribution in [2.75, 3.05) is 13.2 Å². The van der Waals surface area contributed by atoms with Crippen LogP contribution in [0.25, 0.3) is 0 Å². The van der Waals surface area contributed by atoms with Crippen molar-refractivity contribution in [2.24, 2.45) is 0 Å². The van der Waals surface area contributed by atoms with Crippen molar-refractivity contribution in [3.8, 4) is 11.5 Å². The van der Waals surface area contributed by atoms with Gasteiger partial charge in [-0.25, -0.2) is 0 Å². The highest BCUT2D eigenvalue weighted by molar-refractivity contribution is 5.39. The maximum atomic E-state index is 13.0. The Labute approximate surface area is 88.8 Å². The zero-order chi connectivity index (χ0) is 11.8. The Kier molecular flexibility index (Phi) is 2.44. The Bertz CT molecular complexity index is 355. The van der Waals surface area contributed by atoms with E-state index < -0.39 is 25.1 Å². The van der Waals surface area contributed by atoms with Crippen LogP contribution in [0.15, 0.2) is 24.3 Å². The van der Waals surface area contributed by atoms with Gasteiger partial charge in [-0.3, -0.25) is 0 Å². The van der Waals surface area contributed by atoms with Crippen molar-refractivity contribution in [1.29, 1.82) is 0 Å². The lowest BCUT2D eigenvalue weighted by Crippen LogP contribution is -2.49. The quantitative estimate of drug-likeness (QED) is 0.645. The first kappa shape index (κ1) is 11.0. The molecule has 88 valence electrons. The maximum Gasteiger partial charge on any atom is 0.346 e. The van der Waals surface area contributed by atoms with Crippen LogP contribution in [0.3, 0.4) is 0 Å². The van der Waals surface area contributed by atoms with E-state index in [1.807, 2.05) is 0 Å². The minimum absolute atomic E-state index is 0.0395. The van der Waals surface area contributed by atoms with Gasteiger partial charge in [0.2, 0.25) is 0 Å². The number of rotatable bonds is 0. The fourth-order valence-corrected chi connectivity index (χ4v) is 1.24. The number of hydrogen-bond acceptors (Lipinski definition) is 2. The van der Waals surface area contributed by atoms with Crippen LogP contribution < -0.4 is 9.47 Å². The van der Waals surface area contributed by atoms with Crippen molar-refractivity contribution in [3.05, 3.63) is 24.3 Å². The molecule has 1 aliphatic rings. The molecule has 0 unspecified atom stereocenters. The van der Waals surface area contributed by atoms with Gasteiger partial charge in [-0.1, -0.05) is 12.1 Å². The molecule has 1 aliphatic heterocycles. The molecule has 0 aliphatic carbocycles. The van der Waals surface area contributed by atoms with Crippen LogP contribution in [0.2, 0.25) is 0 Å². The molecule has 2 rings (SSSR count). The van der Waals surface area contributed by atoms with Crippen molar-refractivity contribution in [2.45, 2.75) is 11.8 Å². The Morgan fingerprint density at radius 1 is 0.812 bits per heavy atom. The number of hydrogen-bond donors (Lipinski definition) is 0. The number of para-hydroxylation sites is 2. The lowest BCUT2D eigenvalue weighted by atomic mass is 10.2. The maximum absolute atomic E-state index is 13.0. The van der Waals surface area contributed by atoms with Gasteiger partial charge < -0.3 is 9.47 Å². The van der Waals surface area contributed by atoms with E-state index in [9.17, 15) is 17.6 Å². The summed E-state index contributed by atoms with van der Waals surface area (Å²) in [4.78, 5) is 0. The van der Waals surface area contributed by atoms with E-state index in [1.54, 1.807) is 12.1 Å². The van der Waals surface area contributed by atoms with E-state index in [1.165, 1.54) is 12.1 Å². The topological polar surface area (TPSA) is 18.5 Å². The summed E-state index contributed by atoms with van der Waals surface area (Å²) >= 11 is 0. The van der Waals surface area contributed by atoms with Crippen molar-refractivity contribution in [1.82, 2.24) is 0 Å². The predicted octanol–water partition coefficient (Wildman–Crippen LogP) is 2.73. The first-order valence-corrected chi connectivity index (χ1v) is 4.53. The van der Waals surface area contributed by atoms with E-state index in [0.717, 1.165) is 0 Å². The highest BCUT2D eigenvalue weighted by Crippen LogP contribution is 2.39. The monoisotopic (exact) mass is 236 g/mol. The normalized spacial score (nSPS) is 22.0. The second-order valence-electron chi connectivity index (χ2n) is 3.43. The van der Waals surface area contributed by atoms with Crippen LogP contribution in [0.4, 0.5) is 17.6 Å². The molecule has 1 heterocycles. The molecule has 0 saturated heterocycles. The Morgan fingerprint density at radius 2 is 1.19 bits per heavy atom. The molecule has 0 aromatic heterocycles. The number of ether oxygens (including phenoxy) is 2. The average Bonchev–Trinajstić information content (AvgIpc) is 2.23. The molecule has 0 amide bonds. The average molecular weight is 236 g/mol. The molecule has 0 atom stereocenters. The van der Waals surface area contributed by atoms with Crippen LogP contribution >= 0.6 is 0 Å². The Hall–Kier alpha value is -1.46. The highest BCUT2D eigenvalue weighted by Gasteiger charge is 2.58. The zero-order valence-electron chi connectivity index (χ0n) is 8.05.